The Balaban J connectivity index is 1.14. The number of carbonyl (C=O) groups is 2. The molecule has 0 bridgehead atoms. The number of ether oxygens (including phenoxy) is 2. The summed E-state index contributed by atoms with van der Waals surface area (Å²) in [5, 5.41) is 12.3. The number of phenolic OH excluding ortho intramolecular Hbond substituents is 1. The number of rotatable bonds is 7. The number of hydrogen-bond donors (Lipinski definition) is 1. The van der Waals surface area contributed by atoms with Gasteiger partial charge in [-0.15, -0.1) is 11.6 Å². The van der Waals surface area contributed by atoms with Crippen LogP contribution in [0.4, 0.5) is 11.4 Å². The standard InChI is InChI=1S/C31H32ClN3O5/c1-39-27-13-23-24(33-17-20-7-4-5-11-34(20)31(23)38)14-28(27)40-12-6-10-29(37)35-18-19(16-32)30-22-9-3-2-8-21(22)26(36)15-25(30)35/h2-3,8-9,13-15,17,19-20,36H,4-7,10-12,16,18H2,1H3/t19-,20+/m1/s1. The number of hydrogen-bond acceptors (Lipinski definition) is 6. The largest absolute Gasteiger partial charge is 0.507 e. The number of methoxy groups -OCH3 is 1. The average molecular weight is 562 g/mol. The minimum absolute atomic E-state index is 0.00497. The molecule has 2 atom stereocenters. The van der Waals surface area contributed by atoms with E-state index < -0.39 is 0 Å². The molecule has 40 heavy (non-hydrogen) atoms. The molecular formula is C31H32ClN3O5. The molecule has 208 valence electrons. The maximum absolute atomic E-state index is 13.3. The highest BCUT2D eigenvalue weighted by atomic mass is 35.5. The summed E-state index contributed by atoms with van der Waals surface area (Å²) in [4.78, 5) is 34.8. The minimum Gasteiger partial charge on any atom is -0.507 e. The third-order valence-corrected chi connectivity index (χ3v) is 8.51. The molecule has 1 N–H and O–H groups in total. The van der Waals surface area contributed by atoms with Crippen LogP contribution in [0.2, 0.25) is 0 Å². The van der Waals surface area contributed by atoms with Crippen LogP contribution in [0, 0.1) is 0 Å². The number of amides is 2. The predicted molar refractivity (Wildman–Crippen MR) is 156 cm³/mol. The number of aromatic hydroxyl groups is 1. The topological polar surface area (TPSA) is 91.7 Å². The first kappa shape index (κ1) is 26.4. The van der Waals surface area contributed by atoms with Crippen molar-refractivity contribution in [3.63, 3.8) is 0 Å². The highest BCUT2D eigenvalue weighted by Gasteiger charge is 2.34. The average Bonchev–Trinajstić information content (AvgIpc) is 3.30. The third kappa shape index (κ3) is 4.64. The van der Waals surface area contributed by atoms with Gasteiger partial charge in [-0.25, -0.2) is 0 Å². The molecule has 3 aromatic carbocycles. The molecule has 3 aliphatic heterocycles. The normalized spacial score (nSPS) is 19.7. The van der Waals surface area contributed by atoms with Gasteiger partial charge in [-0.05, 0) is 42.7 Å². The maximum Gasteiger partial charge on any atom is 0.256 e. The van der Waals surface area contributed by atoms with Crippen LogP contribution >= 0.6 is 11.6 Å². The maximum atomic E-state index is 13.3. The quantitative estimate of drug-likeness (QED) is 0.291. The lowest BCUT2D eigenvalue weighted by Gasteiger charge is -2.32. The molecular weight excluding hydrogens is 530 g/mol. The Bertz CT molecular complexity index is 1510. The number of fused-ring (bicyclic) bond motifs is 5. The summed E-state index contributed by atoms with van der Waals surface area (Å²) < 4.78 is 11.6. The molecule has 8 nitrogen and oxygen atoms in total. The summed E-state index contributed by atoms with van der Waals surface area (Å²) in [6, 6.07) is 12.8. The molecule has 0 unspecified atom stereocenters. The molecule has 3 aliphatic rings. The van der Waals surface area contributed by atoms with Crippen molar-refractivity contribution >= 4 is 51.8 Å². The molecule has 1 saturated heterocycles. The fraction of sp³-hybridized carbons (Fsp3) is 0.387. The Kier molecular flexibility index (Phi) is 7.27. The van der Waals surface area contributed by atoms with Gasteiger partial charge in [-0.2, -0.15) is 0 Å². The highest BCUT2D eigenvalue weighted by molar-refractivity contribution is 6.19. The van der Waals surface area contributed by atoms with Gasteiger partial charge in [0, 0.05) is 55.0 Å². The Morgan fingerprint density at radius 1 is 1.15 bits per heavy atom. The fourth-order valence-corrected chi connectivity index (χ4v) is 6.37. The summed E-state index contributed by atoms with van der Waals surface area (Å²) in [5.41, 5.74) is 2.81. The lowest BCUT2D eigenvalue weighted by molar-refractivity contribution is -0.118. The summed E-state index contributed by atoms with van der Waals surface area (Å²) in [7, 11) is 1.55. The van der Waals surface area contributed by atoms with E-state index in [1.54, 1.807) is 30.2 Å². The number of nitrogens with zero attached hydrogens (tertiary/aromatic N) is 3. The lowest BCUT2D eigenvalue weighted by atomic mass is 9.95. The van der Waals surface area contributed by atoms with E-state index in [4.69, 9.17) is 21.1 Å². The van der Waals surface area contributed by atoms with E-state index in [9.17, 15) is 14.7 Å². The number of alkyl halides is 1. The lowest BCUT2D eigenvalue weighted by Crippen LogP contribution is -2.43. The Morgan fingerprint density at radius 2 is 1.98 bits per heavy atom. The van der Waals surface area contributed by atoms with E-state index in [1.165, 1.54) is 0 Å². The number of piperidine rings is 1. The molecule has 0 spiro atoms. The number of carbonyl (C=O) groups excluding carboxylic acids is 2. The van der Waals surface area contributed by atoms with Crippen LogP contribution in [0.1, 0.15) is 53.9 Å². The molecule has 0 aromatic heterocycles. The summed E-state index contributed by atoms with van der Waals surface area (Å²) >= 11 is 6.31. The SMILES string of the molecule is COc1cc2c(cc1OCCCC(=O)N1C[C@@H](CCl)c3c1cc(O)c1ccccc31)N=C[C@@H]1CCCCN1C2=O. The molecule has 0 saturated carbocycles. The van der Waals surface area contributed by atoms with E-state index in [1.807, 2.05) is 35.4 Å². The molecule has 1 fully saturated rings. The van der Waals surface area contributed by atoms with Crippen molar-refractivity contribution in [2.45, 2.75) is 44.1 Å². The van der Waals surface area contributed by atoms with Gasteiger partial charge in [0.1, 0.15) is 5.75 Å². The van der Waals surface area contributed by atoms with Gasteiger partial charge < -0.3 is 24.4 Å². The monoisotopic (exact) mass is 561 g/mol. The molecule has 3 aromatic rings. The molecule has 0 radical (unpaired) electrons. The molecule has 3 heterocycles. The molecule has 2 amide bonds. The van der Waals surface area contributed by atoms with Gasteiger partial charge in [-0.1, -0.05) is 24.3 Å². The van der Waals surface area contributed by atoms with Crippen molar-refractivity contribution in [2.75, 3.05) is 37.6 Å². The van der Waals surface area contributed by atoms with E-state index in [-0.39, 0.29) is 42.6 Å². The zero-order valence-electron chi connectivity index (χ0n) is 22.4. The van der Waals surface area contributed by atoms with E-state index in [0.29, 0.717) is 41.6 Å². The fourth-order valence-electron chi connectivity index (χ4n) is 6.11. The molecule has 6 rings (SSSR count). The van der Waals surface area contributed by atoms with Crippen LogP contribution in [-0.2, 0) is 4.79 Å². The van der Waals surface area contributed by atoms with Crippen LogP contribution in [0.25, 0.3) is 10.8 Å². The van der Waals surface area contributed by atoms with Gasteiger partial charge in [-0.3, -0.25) is 14.6 Å². The number of aliphatic imine (C=N–C) groups is 1. The van der Waals surface area contributed by atoms with Gasteiger partial charge in [0.25, 0.3) is 5.91 Å². The van der Waals surface area contributed by atoms with Crippen molar-refractivity contribution in [2.24, 2.45) is 4.99 Å². The van der Waals surface area contributed by atoms with Crippen molar-refractivity contribution < 1.29 is 24.2 Å². The van der Waals surface area contributed by atoms with Crippen LogP contribution in [-0.4, -0.2) is 66.8 Å². The zero-order chi connectivity index (χ0) is 27.8. The van der Waals surface area contributed by atoms with Crippen molar-refractivity contribution in [3.8, 4) is 17.2 Å². The zero-order valence-corrected chi connectivity index (χ0v) is 23.2. The number of benzene rings is 3. The Labute approximate surface area is 238 Å². The van der Waals surface area contributed by atoms with Gasteiger partial charge in [0.2, 0.25) is 5.91 Å². The van der Waals surface area contributed by atoms with Crippen molar-refractivity contribution in [1.82, 2.24) is 4.90 Å². The second-order valence-corrected chi connectivity index (χ2v) is 10.9. The molecule has 9 heteroatoms. The van der Waals surface area contributed by atoms with E-state index in [0.717, 1.165) is 47.8 Å². The highest BCUT2D eigenvalue weighted by Crippen LogP contribution is 2.45. The first-order valence-electron chi connectivity index (χ1n) is 13.8. The van der Waals surface area contributed by atoms with Crippen LogP contribution in [0.5, 0.6) is 17.2 Å². The second kappa shape index (κ2) is 11.0. The van der Waals surface area contributed by atoms with Gasteiger partial charge in [0.05, 0.1) is 36.7 Å². The first-order chi connectivity index (χ1) is 19.5. The Hall–Kier alpha value is -3.78. The number of phenols is 1. The van der Waals surface area contributed by atoms with Crippen LogP contribution in [0.3, 0.4) is 0 Å². The summed E-state index contributed by atoms with van der Waals surface area (Å²) in [6.45, 7) is 1.50. The van der Waals surface area contributed by atoms with Gasteiger partial charge >= 0.3 is 0 Å². The van der Waals surface area contributed by atoms with Crippen molar-refractivity contribution in [1.29, 1.82) is 0 Å². The van der Waals surface area contributed by atoms with E-state index in [2.05, 4.69) is 4.99 Å². The Morgan fingerprint density at radius 3 is 2.77 bits per heavy atom. The first-order valence-corrected chi connectivity index (χ1v) is 14.3. The minimum atomic E-state index is -0.0482. The number of anilines is 1. The second-order valence-electron chi connectivity index (χ2n) is 10.5. The van der Waals surface area contributed by atoms with Crippen LogP contribution in [0.15, 0.2) is 47.5 Å². The smallest absolute Gasteiger partial charge is 0.256 e. The van der Waals surface area contributed by atoms with Crippen molar-refractivity contribution in [3.05, 3.63) is 53.6 Å². The number of halogens is 1. The third-order valence-electron chi connectivity index (χ3n) is 8.13. The van der Waals surface area contributed by atoms with Gasteiger partial charge in [0.15, 0.2) is 11.5 Å². The predicted octanol–water partition coefficient (Wildman–Crippen LogP) is 5.79. The summed E-state index contributed by atoms with van der Waals surface area (Å²) in [6.07, 6.45) is 5.61. The summed E-state index contributed by atoms with van der Waals surface area (Å²) in [5.74, 6) is 1.40. The molecule has 0 aliphatic carbocycles. The van der Waals surface area contributed by atoms with E-state index >= 15 is 0 Å². The van der Waals surface area contributed by atoms with Crippen LogP contribution < -0.4 is 14.4 Å².